The molecular weight excluding hydrogens is 202 g/mol. The molecule has 1 radical (unpaired) electrons. The molecule has 6 heteroatoms. The van der Waals surface area contributed by atoms with Crippen molar-refractivity contribution in [2.45, 2.75) is 32.8 Å². The molecular formula is C8H12N3O2S. The van der Waals surface area contributed by atoms with Crippen molar-refractivity contribution in [1.82, 2.24) is 10.2 Å². The largest absolute Gasteiger partial charge is 0.443 e. The minimum atomic E-state index is -0.512. The molecule has 0 saturated carbocycles. The minimum Gasteiger partial charge on any atom is -0.443 e. The van der Waals surface area contributed by atoms with Gasteiger partial charge in [-0.3, -0.25) is 5.32 Å². The number of hydrogen-bond donors (Lipinski definition) is 1. The van der Waals surface area contributed by atoms with Crippen LogP contribution in [0.1, 0.15) is 27.2 Å². The average Bonchev–Trinajstić information content (AvgIpc) is 2.55. The molecule has 0 aromatic carbocycles. The molecule has 0 unspecified atom stereocenters. The van der Waals surface area contributed by atoms with Gasteiger partial charge in [-0.25, -0.2) is 4.79 Å². The average molecular weight is 214 g/mol. The van der Waals surface area contributed by atoms with Crippen molar-refractivity contribution in [3.63, 3.8) is 0 Å². The number of carbonyl (C=O) groups excluding carboxylic acids is 1. The first-order valence-electron chi connectivity index (χ1n) is 4.23. The molecule has 1 aromatic heterocycles. The van der Waals surface area contributed by atoms with Gasteiger partial charge in [0, 0.05) is 0 Å². The molecule has 1 amide bonds. The molecule has 77 valence electrons. The van der Waals surface area contributed by atoms with Crippen LogP contribution in [0.2, 0.25) is 0 Å². The van der Waals surface area contributed by atoms with Gasteiger partial charge in [-0.15, -0.1) is 10.2 Å². The van der Waals surface area contributed by atoms with Crippen LogP contribution in [0.3, 0.4) is 0 Å². The lowest BCUT2D eigenvalue weighted by atomic mass is 10.1. The molecule has 14 heavy (non-hydrogen) atoms. The summed E-state index contributed by atoms with van der Waals surface area (Å²) in [6.45, 7) is 5.64. The molecule has 0 atom stereocenters. The lowest BCUT2D eigenvalue weighted by Crippen LogP contribution is -2.29. The zero-order chi connectivity index (χ0) is 10.6. The highest BCUT2D eigenvalue weighted by molar-refractivity contribution is 7.13. The van der Waals surface area contributed by atoms with Gasteiger partial charge >= 0.3 is 6.09 Å². The molecule has 1 N–H and O–H groups in total. The summed E-state index contributed by atoms with van der Waals surface area (Å²) in [5.41, 5.74) is 2.06. The number of hydrogen-bond acceptors (Lipinski definition) is 5. The summed E-state index contributed by atoms with van der Waals surface area (Å²) in [4.78, 5) is 11.3. The second kappa shape index (κ2) is 4.36. The fourth-order valence-corrected chi connectivity index (χ4v) is 1.02. The fraction of sp³-hybridized carbons (Fsp3) is 0.625. The van der Waals surface area contributed by atoms with Gasteiger partial charge in [-0.2, -0.15) is 0 Å². The highest BCUT2D eigenvalue weighted by Crippen LogP contribution is 2.15. The van der Waals surface area contributed by atoms with Gasteiger partial charge in [0.05, 0.1) is 0 Å². The number of amides is 1. The maximum absolute atomic E-state index is 11.3. The Kier molecular flexibility index (Phi) is 3.40. The molecule has 1 heterocycles. The van der Waals surface area contributed by atoms with E-state index in [-0.39, 0.29) is 0 Å². The Balaban J connectivity index is 2.44. The maximum Gasteiger partial charge on any atom is 0.414 e. The molecule has 0 bridgehead atoms. The van der Waals surface area contributed by atoms with Crippen molar-refractivity contribution >= 4 is 22.6 Å². The number of aromatic nitrogens is 2. The molecule has 5 nitrogen and oxygen atoms in total. The zero-order valence-corrected chi connectivity index (χ0v) is 9.14. The highest BCUT2D eigenvalue weighted by Gasteiger charge is 2.20. The van der Waals surface area contributed by atoms with Crippen molar-refractivity contribution in [2.24, 2.45) is 0 Å². The summed E-state index contributed by atoms with van der Waals surface area (Å²) >= 11 is 1.13. The number of ether oxygens (including phenoxy) is 1. The van der Waals surface area contributed by atoms with Crippen LogP contribution in [-0.4, -0.2) is 21.9 Å². The number of nitrogens with zero attached hydrogens (tertiary/aromatic N) is 2. The van der Waals surface area contributed by atoms with Gasteiger partial charge in [0.25, 0.3) is 0 Å². The van der Waals surface area contributed by atoms with Gasteiger partial charge in [0.15, 0.2) is 5.51 Å². The summed E-state index contributed by atoms with van der Waals surface area (Å²) < 4.78 is 5.14. The second-order valence-corrected chi connectivity index (χ2v) is 4.10. The van der Waals surface area contributed by atoms with Gasteiger partial charge in [0.1, 0.15) is 5.60 Å². The molecule has 0 aliphatic carbocycles. The van der Waals surface area contributed by atoms with Crippen LogP contribution >= 0.6 is 11.3 Å². The standard InChI is InChI=1S/C8H12N3O2S/c1-4-8(2,3)13-7(12)10-6-11-9-5-14-6/h4H2,1-3H3,(H,10,11,12). The normalized spacial score (nSPS) is 11.1. The van der Waals surface area contributed by atoms with Crippen molar-refractivity contribution in [3.05, 3.63) is 5.51 Å². The molecule has 1 rings (SSSR count). The first-order chi connectivity index (χ1) is 6.53. The molecule has 0 aliphatic heterocycles. The summed E-state index contributed by atoms with van der Waals surface area (Å²) in [7, 11) is 0. The van der Waals surface area contributed by atoms with E-state index >= 15 is 0 Å². The lowest BCUT2D eigenvalue weighted by Gasteiger charge is -2.22. The van der Waals surface area contributed by atoms with E-state index in [1.807, 2.05) is 20.8 Å². The van der Waals surface area contributed by atoms with Gasteiger partial charge in [0.2, 0.25) is 5.13 Å². The summed E-state index contributed by atoms with van der Waals surface area (Å²) in [5, 5.41) is 9.93. The van der Waals surface area contributed by atoms with E-state index in [2.05, 4.69) is 21.0 Å². The predicted molar refractivity (Wildman–Crippen MR) is 53.2 cm³/mol. The van der Waals surface area contributed by atoms with Crippen molar-refractivity contribution in [2.75, 3.05) is 5.32 Å². The molecule has 0 fully saturated rings. The summed E-state index contributed by atoms with van der Waals surface area (Å²) in [6.07, 6.45) is 0.241. The number of rotatable bonds is 3. The zero-order valence-electron chi connectivity index (χ0n) is 8.33. The maximum atomic E-state index is 11.3. The molecule has 0 saturated heterocycles. The van der Waals surface area contributed by atoms with Crippen molar-refractivity contribution in [1.29, 1.82) is 0 Å². The van der Waals surface area contributed by atoms with Crippen molar-refractivity contribution in [3.8, 4) is 0 Å². The Morgan fingerprint density at radius 3 is 2.93 bits per heavy atom. The minimum absolute atomic E-state index is 0.391. The number of nitrogens with one attached hydrogen (secondary N) is 1. The first kappa shape index (κ1) is 10.9. The van der Waals surface area contributed by atoms with Crippen LogP contribution < -0.4 is 5.32 Å². The first-order valence-corrected chi connectivity index (χ1v) is 5.04. The summed E-state index contributed by atoms with van der Waals surface area (Å²) in [5.74, 6) is 0. The topological polar surface area (TPSA) is 64.1 Å². The van der Waals surface area contributed by atoms with E-state index < -0.39 is 11.7 Å². The van der Waals surface area contributed by atoms with E-state index in [9.17, 15) is 4.79 Å². The second-order valence-electron chi connectivity index (χ2n) is 3.33. The van der Waals surface area contributed by atoms with Crippen LogP contribution in [0, 0.1) is 5.51 Å². The Morgan fingerprint density at radius 2 is 2.43 bits per heavy atom. The number of anilines is 1. The van der Waals surface area contributed by atoms with Crippen LogP contribution in [0.4, 0.5) is 9.93 Å². The van der Waals surface area contributed by atoms with E-state index in [1.54, 1.807) is 0 Å². The quantitative estimate of drug-likeness (QED) is 0.836. The van der Waals surface area contributed by atoms with E-state index in [4.69, 9.17) is 4.74 Å². The van der Waals surface area contributed by atoms with Crippen LogP contribution in [-0.2, 0) is 4.74 Å². The van der Waals surface area contributed by atoms with Gasteiger partial charge in [-0.05, 0) is 20.3 Å². The SMILES string of the molecule is CCC(C)(C)OC(=O)Nc1nn[c]s1. The third kappa shape index (κ3) is 3.29. The molecule has 0 aliphatic rings. The van der Waals surface area contributed by atoms with Crippen LogP contribution in [0.25, 0.3) is 0 Å². The van der Waals surface area contributed by atoms with E-state index in [1.165, 1.54) is 0 Å². The Bertz CT molecular complexity index is 298. The Hall–Kier alpha value is -1.17. The highest BCUT2D eigenvalue weighted by atomic mass is 32.1. The van der Waals surface area contributed by atoms with Crippen LogP contribution in [0.15, 0.2) is 0 Å². The van der Waals surface area contributed by atoms with Gasteiger partial charge < -0.3 is 4.74 Å². The Morgan fingerprint density at radius 1 is 1.71 bits per heavy atom. The number of carbonyl (C=O) groups is 1. The van der Waals surface area contributed by atoms with E-state index in [0.29, 0.717) is 5.13 Å². The van der Waals surface area contributed by atoms with Gasteiger partial charge in [-0.1, -0.05) is 18.3 Å². The molecule has 0 spiro atoms. The van der Waals surface area contributed by atoms with E-state index in [0.717, 1.165) is 17.8 Å². The van der Waals surface area contributed by atoms with Crippen molar-refractivity contribution < 1.29 is 9.53 Å². The molecule has 1 aromatic rings. The summed E-state index contributed by atoms with van der Waals surface area (Å²) in [6, 6.07) is 0. The smallest absolute Gasteiger partial charge is 0.414 e. The predicted octanol–water partition coefficient (Wildman–Crippen LogP) is 2.08. The lowest BCUT2D eigenvalue weighted by molar-refractivity contribution is 0.0462. The van der Waals surface area contributed by atoms with Crippen LogP contribution in [0.5, 0.6) is 0 Å². The third-order valence-corrected chi connectivity index (χ3v) is 2.30. The third-order valence-electron chi connectivity index (χ3n) is 1.75. The fourth-order valence-electron chi connectivity index (χ4n) is 0.636. The Labute approximate surface area is 86.5 Å². The monoisotopic (exact) mass is 214 g/mol.